The smallest absolute Gasteiger partial charge is 0.337 e. The molecule has 0 spiro atoms. The maximum atomic E-state index is 11.0. The average molecular weight is 245 g/mol. The normalized spacial score (nSPS) is 10.3. The summed E-state index contributed by atoms with van der Waals surface area (Å²) in [5, 5.41) is 9.01. The van der Waals surface area contributed by atoms with Crippen molar-refractivity contribution < 1.29 is 14.6 Å². The van der Waals surface area contributed by atoms with E-state index < -0.39 is 5.97 Å². The van der Waals surface area contributed by atoms with E-state index in [-0.39, 0.29) is 0 Å². The number of carboxylic acid groups (broad SMARTS) is 1. The van der Waals surface area contributed by atoms with Crippen molar-refractivity contribution in [2.75, 3.05) is 6.61 Å². The Morgan fingerprint density at radius 2 is 1.94 bits per heavy atom. The lowest BCUT2D eigenvalue weighted by Gasteiger charge is -2.08. The average Bonchev–Trinajstić information content (AvgIpc) is 2.73. The highest BCUT2D eigenvalue weighted by Gasteiger charge is 2.11. The van der Waals surface area contributed by atoms with Crippen LogP contribution in [0.15, 0.2) is 36.5 Å². The Morgan fingerprint density at radius 3 is 2.44 bits per heavy atom. The molecule has 4 nitrogen and oxygen atoms in total. The minimum atomic E-state index is -0.905. The van der Waals surface area contributed by atoms with Crippen molar-refractivity contribution in [2.45, 2.75) is 13.8 Å². The number of benzene rings is 1. The standard InChI is InChI=1S/C14H15NO3/c1-3-18-12-6-4-11(5-7-12)15-9-8-13(10(15)2)14(16)17/h4-9H,3H2,1-2H3,(H,16,17). The van der Waals surface area contributed by atoms with Gasteiger partial charge in [0.05, 0.1) is 12.2 Å². The highest BCUT2D eigenvalue weighted by atomic mass is 16.5. The molecule has 0 bridgehead atoms. The van der Waals surface area contributed by atoms with E-state index in [0.717, 1.165) is 11.4 Å². The second-order valence-corrected chi connectivity index (χ2v) is 3.92. The van der Waals surface area contributed by atoms with E-state index in [0.29, 0.717) is 17.9 Å². The van der Waals surface area contributed by atoms with Gasteiger partial charge in [-0.25, -0.2) is 4.79 Å². The molecule has 0 saturated carbocycles. The van der Waals surface area contributed by atoms with Crippen LogP contribution in [0, 0.1) is 6.92 Å². The van der Waals surface area contributed by atoms with Crippen LogP contribution in [0.5, 0.6) is 5.75 Å². The molecule has 0 fully saturated rings. The predicted molar refractivity (Wildman–Crippen MR) is 68.6 cm³/mol. The molecule has 2 rings (SSSR count). The van der Waals surface area contributed by atoms with Crippen LogP contribution < -0.4 is 4.74 Å². The zero-order chi connectivity index (χ0) is 13.1. The summed E-state index contributed by atoms with van der Waals surface area (Å²) in [5.41, 5.74) is 1.96. The lowest BCUT2D eigenvalue weighted by molar-refractivity contribution is 0.0696. The van der Waals surface area contributed by atoms with Gasteiger partial charge in [-0.05, 0) is 44.2 Å². The fraction of sp³-hybridized carbons (Fsp3) is 0.214. The first-order chi connectivity index (χ1) is 8.63. The molecule has 0 aliphatic carbocycles. The maximum absolute atomic E-state index is 11.0. The molecule has 18 heavy (non-hydrogen) atoms. The number of hydrogen-bond acceptors (Lipinski definition) is 2. The molecule has 1 heterocycles. The van der Waals surface area contributed by atoms with E-state index in [2.05, 4.69) is 0 Å². The Kier molecular flexibility index (Phi) is 3.37. The maximum Gasteiger partial charge on any atom is 0.337 e. The summed E-state index contributed by atoms with van der Waals surface area (Å²) in [6.07, 6.45) is 1.76. The number of carbonyl (C=O) groups is 1. The van der Waals surface area contributed by atoms with Crippen LogP contribution in [0.3, 0.4) is 0 Å². The molecular formula is C14H15NO3. The largest absolute Gasteiger partial charge is 0.494 e. The molecule has 0 atom stereocenters. The fourth-order valence-electron chi connectivity index (χ4n) is 1.89. The second kappa shape index (κ2) is 4.96. The molecule has 0 amide bonds. The number of aromatic carboxylic acids is 1. The van der Waals surface area contributed by atoms with Crippen molar-refractivity contribution in [3.63, 3.8) is 0 Å². The van der Waals surface area contributed by atoms with Crippen LogP contribution in [0.25, 0.3) is 5.69 Å². The van der Waals surface area contributed by atoms with E-state index in [1.807, 2.05) is 35.8 Å². The van der Waals surface area contributed by atoms with Gasteiger partial charge in [-0.2, -0.15) is 0 Å². The summed E-state index contributed by atoms with van der Waals surface area (Å²) < 4.78 is 7.21. The third kappa shape index (κ3) is 2.22. The number of carboxylic acids is 1. The van der Waals surface area contributed by atoms with Crippen molar-refractivity contribution in [2.24, 2.45) is 0 Å². The van der Waals surface area contributed by atoms with Crippen molar-refractivity contribution >= 4 is 5.97 Å². The summed E-state index contributed by atoms with van der Waals surface area (Å²) in [5.74, 6) is -0.0956. The Hall–Kier alpha value is -2.23. The van der Waals surface area contributed by atoms with Crippen molar-refractivity contribution in [3.8, 4) is 11.4 Å². The lowest BCUT2D eigenvalue weighted by atomic mass is 10.2. The van der Waals surface area contributed by atoms with Crippen LogP contribution in [0.1, 0.15) is 23.0 Å². The molecule has 2 aromatic rings. The van der Waals surface area contributed by atoms with Gasteiger partial charge in [0.1, 0.15) is 5.75 Å². The molecule has 1 aromatic heterocycles. The molecule has 1 aromatic carbocycles. The number of hydrogen-bond donors (Lipinski definition) is 1. The molecule has 4 heteroatoms. The van der Waals surface area contributed by atoms with Gasteiger partial charge in [-0.3, -0.25) is 0 Å². The topological polar surface area (TPSA) is 51.5 Å². The van der Waals surface area contributed by atoms with Gasteiger partial charge in [0, 0.05) is 17.6 Å². The molecule has 94 valence electrons. The van der Waals surface area contributed by atoms with Crippen LogP contribution in [-0.4, -0.2) is 22.2 Å². The Morgan fingerprint density at radius 1 is 1.28 bits per heavy atom. The summed E-state index contributed by atoms with van der Waals surface area (Å²) >= 11 is 0. The van der Waals surface area contributed by atoms with Gasteiger partial charge in [-0.1, -0.05) is 0 Å². The zero-order valence-corrected chi connectivity index (χ0v) is 10.4. The molecule has 0 radical (unpaired) electrons. The Balaban J connectivity index is 2.34. The van der Waals surface area contributed by atoms with E-state index in [9.17, 15) is 4.79 Å². The first-order valence-corrected chi connectivity index (χ1v) is 5.78. The molecule has 0 unspecified atom stereocenters. The van der Waals surface area contributed by atoms with Gasteiger partial charge < -0.3 is 14.4 Å². The number of aromatic nitrogens is 1. The zero-order valence-electron chi connectivity index (χ0n) is 10.4. The minimum absolute atomic E-state index is 0.323. The summed E-state index contributed by atoms with van der Waals surface area (Å²) in [6, 6.07) is 9.17. The first-order valence-electron chi connectivity index (χ1n) is 5.78. The lowest BCUT2D eigenvalue weighted by Crippen LogP contribution is -2.01. The third-order valence-electron chi connectivity index (χ3n) is 2.80. The SMILES string of the molecule is CCOc1ccc(-n2ccc(C(=O)O)c2C)cc1. The van der Waals surface area contributed by atoms with E-state index in [1.165, 1.54) is 0 Å². The summed E-state index contributed by atoms with van der Waals surface area (Å²) in [6.45, 7) is 4.36. The van der Waals surface area contributed by atoms with E-state index in [4.69, 9.17) is 9.84 Å². The Bertz CT molecular complexity index is 555. The molecule has 1 N–H and O–H groups in total. The highest BCUT2D eigenvalue weighted by Crippen LogP contribution is 2.19. The highest BCUT2D eigenvalue weighted by molar-refractivity contribution is 5.89. The number of nitrogens with zero attached hydrogens (tertiary/aromatic N) is 1. The summed E-state index contributed by atoms with van der Waals surface area (Å²) in [4.78, 5) is 11.0. The summed E-state index contributed by atoms with van der Waals surface area (Å²) in [7, 11) is 0. The van der Waals surface area contributed by atoms with Crippen LogP contribution in [-0.2, 0) is 0 Å². The van der Waals surface area contributed by atoms with Gasteiger partial charge in [0.2, 0.25) is 0 Å². The predicted octanol–water partition coefficient (Wildman–Crippen LogP) is 2.88. The van der Waals surface area contributed by atoms with E-state index >= 15 is 0 Å². The first kappa shape index (κ1) is 12.2. The number of rotatable bonds is 4. The van der Waals surface area contributed by atoms with Gasteiger partial charge in [-0.15, -0.1) is 0 Å². The van der Waals surface area contributed by atoms with Crippen LogP contribution >= 0.6 is 0 Å². The third-order valence-corrected chi connectivity index (χ3v) is 2.80. The van der Waals surface area contributed by atoms with E-state index in [1.54, 1.807) is 19.2 Å². The van der Waals surface area contributed by atoms with Gasteiger partial charge in [0.25, 0.3) is 0 Å². The number of ether oxygens (including phenoxy) is 1. The molecule has 0 aliphatic heterocycles. The minimum Gasteiger partial charge on any atom is -0.494 e. The molecular weight excluding hydrogens is 230 g/mol. The van der Waals surface area contributed by atoms with Crippen molar-refractivity contribution in [1.82, 2.24) is 4.57 Å². The Labute approximate surface area is 105 Å². The molecule has 0 aliphatic rings. The van der Waals surface area contributed by atoms with Crippen LogP contribution in [0.4, 0.5) is 0 Å². The second-order valence-electron chi connectivity index (χ2n) is 3.92. The van der Waals surface area contributed by atoms with Gasteiger partial charge >= 0.3 is 5.97 Å². The van der Waals surface area contributed by atoms with Crippen LogP contribution in [0.2, 0.25) is 0 Å². The monoisotopic (exact) mass is 245 g/mol. The van der Waals surface area contributed by atoms with Crippen molar-refractivity contribution in [3.05, 3.63) is 47.8 Å². The van der Waals surface area contributed by atoms with Crippen molar-refractivity contribution in [1.29, 1.82) is 0 Å². The molecule has 0 saturated heterocycles. The fourth-order valence-corrected chi connectivity index (χ4v) is 1.89. The quantitative estimate of drug-likeness (QED) is 0.901. The van der Waals surface area contributed by atoms with Gasteiger partial charge in [0.15, 0.2) is 0 Å².